The fourth-order valence-corrected chi connectivity index (χ4v) is 3.52. The van der Waals surface area contributed by atoms with E-state index in [1.165, 1.54) is 18.5 Å². The summed E-state index contributed by atoms with van der Waals surface area (Å²) in [7, 11) is 0. The molecule has 5 nitrogen and oxygen atoms in total. The molecule has 5 heteroatoms. The topological polar surface area (TPSA) is 52.7 Å². The van der Waals surface area contributed by atoms with Gasteiger partial charge < -0.3 is 15.1 Å². The van der Waals surface area contributed by atoms with Crippen molar-refractivity contribution in [1.82, 2.24) is 10.2 Å². The normalized spacial score (nSPS) is 18.8. The molecular weight excluding hydrogens is 314 g/mol. The first-order chi connectivity index (χ1) is 12.1. The number of anilines is 1. The van der Waals surface area contributed by atoms with E-state index in [4.69, 9.17) is 0 Å². The van der Waals surface area contributed by atoms with Gasteiger partial charge in [-0.25, -0.2) is 0 Å². The second kappa shape index (κ2) is 8.37. The molecule has 2 fully saturated rings. The molecular formula is C20H29N3O2. The lowest BCUT2D eigenvalue weighted by Crippen LogP contribution is -2.49. The van der Waals surface area contributed by atoms with E-state index in [-0.39, 0.29) is 11.8 Å². The number of nitrogens with zero attached hydrogens (tertiary/aromatic N) is 2. The largest absolute Gasteiger partial charge is 0.368 e. The fourth-order valence-electron chi connectivity index (χ4n) is 3.52. The van der Waals surface area contributed by atoms with Crippen LogP contribution in [0.3, 0.4) is 0 Å². The predicted octanol–water partition coefficient (Wildman–Crippen LogP) is 2.28. The van der Waals surface area contributed by atoms with Crippen molar-refractivity contribution in [2.75, 3.05) is 37.6 Å². The second-order valence-electron chi connectivity index (χ2n) is 7.32. The van der Waals surface area contributed by atoms with Gasteiger partial charge in [0.05, 0.1) is 0 Å². The molecule has 1 saturated heterocycles. The molecule has 1 aliphatic heterocycles. The zero-order valence-corrected chi connectivity index (χ0v) is 15.1. The molecule has 0 bridgehead atoms. The molecule has 0 spiro atoms. The molecule has 3 rings (SSSR count). The van der Waals surface area contributed by atoms with E-state index in [2.05, 4.69) is 29.3 Å². The van der Waals surface area contributed by atoms with Crippen molar-refractivity contribution in [2.24, 2.45) is 11.8 Å². The molecule has 1 N–H and O–H groups in total. The third kappa shape index (κ3) is 5.21. The van der Waals surface area contributed by atoms with Gasteiger partial charge in [-0.15, -0.1) is 0 Å². The maximum atomic E-state index is 12.3. The summed E-state index contributed by atoms with van der Waals surface area (Å²) in [6, 6.07) is 10.3. The Morgan fingerprint density at radius 3 is 2.44 bits per heavy atom. The minimum Gasteiger partial charge on any atom is -0.368 e. The first-order valence-corrected chi connectivity index (χ1v) is 9.48. The summed E-state index contributed by atoms with van der Waals surface area (Å²) in [6.45, 7) is 5.82. The standard InChI is InChI=1S/C20H29N3O2/c1-16(17-7-8-17)15-19(24)21-10-9-20(25)23-13-11-22(12-14-23)18-5-3-2-4-6-18/h2-6,16-17H,7-15H2,1H3,(H,21,24). The molecule has 25 heavy (non-hydrogen) atoms. The highest BCUT2D eigenvalue weighted by molar-refractivity contribution is 5.79. The number of piperazine rings is 1. The maximum Gasteiger partial charge on any atom is 0.224 e. The van der Waals surface area contributed by atoms with Crippen LogP contribution in [0.15, 0.2) is 30.3 Å². The molecule has 0 aromatic heterocycles. The van der Waals surface area contributed by atoms with Crippen molar-refractivity contribution in [2.45, 2.75) is 32.6 Å². The molecule has 136 valence electrons. The summed E-state index contributed by atoms with van der Waals surface area (Å²) < 4.78 is 0. The molecule has 2 amide bonds. The van der Waals surface area contributed by atoms with E-state index < -0.39 is 0 Å². The van der Waals surface area contributed by atoms with Gasteiger partial charge in [-0.2, -0.15) is 0 Å². The van der Waals surface area contributed by atoms with Crippen LogP contribution in [0.1, 0.15) is 32.6 Å². The second-order valence-corrected chi connectivity index (χ2v) is 7.32. The number of amides is 2. The summed E-state index contributed by atoms with van der Waals surface area (Å²) in [5.41, 5.74) is 1.21. The van der Waals surface area contributed by atoms with E-state index in [1.54, 1.807) is 0 Å². The molecule has 1 aromatic rings. The molecule has 1 aromatic carbocycles. The van der Waals surface area contributed by atoms with Crippen LogP contribution in [0, 0.1) is 11.8 Å². The molecule has 1 saturated carbocycles. The molecule has 1 unspecified atom stereocenters. The van der Waals surface area contributed by atoms with Crippen LogP contribution in [0.2, 0.25) is 0 Å². The summed E-state index contributed by atoms with van der Waals surface area (Å²) in [5.74, 6) is 1.44. The van der Waals surface area contributed by atoms with Crippen molar-refractivity contribution in [3.63, 3.8) is 0 Å². The SMILES string of the molecule is CC(CC(=O)NCCC(=O)N1CCN(c2ccccc2)CC1)C1CC1. The quantitative estimate of drug-likeness (QED) is 0.826. The fraction of sp³-hybridized carbons (Fsp3) is 0.600. The van der Waals surface area contributed by atoms with Crippen LogP contribution in [0.25, 0.3) is 0 Å². The predicted molar refractivity (Wildman–Crippen MR) is 99.4 cm³/mol. The average molecular weight is 343 g/mol. The third-order valence-corrected chi connectivity index (χ3v) is 5.35. The summed E-state index contributed by atoms with van der Waals surface area (Å²) in [4.78, 5) is 28.4. The van der Waals surface area contributed by atoms with Gasteiger partial charge in [0, 0.05) is 51.3 Å². The van der Waals surface area contributed by atoms with Crippen LogP contribution < -0.4 is 10.2 Å². The number of hydrogen-bond donors (Lipinski definition) is 1. The van der Waals surface area contributed by atoms with Crippen LogP contribution in [-0.4, -0.2) is 49.4 Å². The van der Waals surface area contributed by atoms with E-state index >= 15 is 0 Å². The Labute approximate surface area is 150 Å². The first kappa shape index (κ1) is 17.8. The lowest BCUT2D eigenvalue weighted by Gasteiger charge is -2.36. The van der Waals surface area contributed by atoms with Crippen molar-refractivity contribution in [3.05, 3.63) is 30.3 Å². The van der Waals surface area contributed by atoms with Crippen molar-refractivity contribution in [3.8, 4) is 0 Å². The summed E-state index contributed by atoms with van der Waals surface area (Å²) >= 11 is 0. The molecule has 0 radical (unpaired) electrons. The Balaban J connectivity index is 1.33. The van der Waals surface area contributed by atoms with Gasteiger partial charge >= 0.3 is 0 Å². The lowest BCUT2D eigenvalue weighted by molar-refractivity contribution is -0.131. The Morgan fingerprint density at radius 2 is 1.80 bits per heavy atom. The number of para-hydroxylation sites is 1. The Morgan fingerprint density at radius 1 is 1.12 bits per heavy atom. The number of benzene rings is 1. The van der Waals surface area contributed by atoms with Crippen LogP contribution >= 0.6 is 0 Å². The van der Waals surface area contributed by atoms with Gasteiger partial charge in [-0.1, -0.05) is 25.1 Å². The zero-order valence-electron chi connectivity index (χ0n) is 15.1. The van der Waals surface area contributed by atoms with Crippen molar-refractivity contribution in [1.29, 1.82) is 0 Å². The molecule has 1 atom stereocenters. The van der Waals surface area contributed by atoms with Gasteiger partial charge in [-0.05, 0) is 36.8 Å². The van der Waals surface area contributed by atoms with Crippen molar-refractivity contribution >= 4 is 17.5 Å². The number of carbonyl (C=O) groups excluding carboxylic acids is 2. The lowest BCUT2D eigenvalue weighted by atomic mass is 10.0. The van der Waals surface area contributed by atoms with E-state index in [0.29, 0.717) is 25.3 Å². The minimum atomic E-state index is 0.0843. The number of rotatable bonds is 7. The van der Waals surface area contributed by atoms with E-state index in [1.807, 2.05) is 23.1 Å². The Bertz CT molecular complexity index is 578. The monoisotopic (exact) mass is 343 g/mol. The summed E-state index contributed by atoms with van der Waals surface area (Å²) in [5, 5.41) is 2.90. The van der Waals surface area contributed by atoms with Crippen molar-refractivity contribution < 1.29 is 9.59 Å². The number of carbonyl (C=O) groups is 2. The van der Waals surface area contributed by atoms with Gasteiger partial charge in [-0.3, -0.25) is 9.59 Å². The van der Waals surface area contributed by atoms with Crippen LogP contribution in [-0.2, 0) is 9.59 Å². The Kier molecular flexibility index (Phi) is 5.95. The van der Waals surface area contributed by atoms with Crippen LogP contribution in [0.5, 0.6) is 0 Å². The molecule has 1 heterocycles. The minimum absolute atomic E-state index is 0.0843. The number of nitrogens with one attached hydrogen (secondary N) is 1. The van der Waals surface area contributed by atoms with E-state index in [9.17, 15) is 9.59 Å². The smallest absolute Gasteiger partial charge is 0.224 e. The number of hydrogen-bond acceptors (Lipinski definition) is 3. The maximum absolute atomic E-state index is 12.3. The Hall–Kier alpha value is -2.04. The molecule has 2 aliphatic rings. The van der Waals surface area contributed by atoms with Gasteiger partial charge in [0.25, 0.3) is 0 Å². The van der Waals surface area contributed by atoms with Crippen LogP contribution in [0.4, 0.5) is 5.69 Å². The average Bonchev–Trinajstić information content (AvgIpc) is 3.48. The first-order valence-electron chi connectivity index (χ1n) is 9.48. The molecule has 1 aliphatic carbocycles. The highest BCUT2D eigenvalue weighted by atomic mass is 16.2. The van der Waals surface area contributed by atoms with Gasteiger partial charge in [0.2, 0.25) is 11.8 Å². The van der Waals surface area contributed by atoms with Gasteiger partial charge in [0.15, 0.2) is 0 Å². The highest BCUT2D eigenvalue weighted by Gasteiger charge is 2.29. The zero-order chi connectivity index (χ0) is 17.6. The third-order valence-electron chi connectivity index (χ3n) is 5.35. The van der Waals surface area contributed by atoms with E-state index in [0.717, 1.165) is 32.1 Å². The highest BCUT2D eigenvalue weighted by Crippen LogP contribution is 2.37. The summed E-state index contributed by atoms with van der Waals surface area (Å²) in [6.07, 6.45) is 3.52. The van der Waals surface area contributed by atoms with Gasteiger partial charge in [0.1, 0.15) is 0 Å².